The number of nitrogens with zero attached hydrogens (tertiary/aromatic N) is 1. The van der Waals surface area contributed by atoms with E-state index in [1.807, 2.05) is 13.8 Å². The van der Waals surface area contributed by atoms with Crippen molar-refractivity contribution in [3.63, 3.8) is 0 Å². The molecule has 0 radical (unpaired) electrons. The molecular weight excluding hydrogens is 202 g/mol. The summed E-state index contributed by atoms with van der Waals surface area (Å²) in [7, 11) is 0. The first-order valence-electron chi connectivity index (χ1n) is 6.26. The van der Waals surface area contributed by atoms with Gasteiger partial charge in [-0.25, -0.2) is 0 Å². The minimum Gasteiger partial charge on any atom is -0.352 e. The molecule has 96 valence electrons. The van der Waals surface area contributed by atoms with E-state index < -0.39 is 0 Å². The molecule has 4 nitrogen and oxygen atoms in total. The fraction of sp³-hybridized carbons (Fsp3) is 0.917. The van der Waals surface area contributed by atoms with Crippen molar-refractivity contribution >= 4 is 5.91 Å². The molecule has 0 aromatic heterocycles. The minimum atomic E-state index is 0.101. The zero-order valence-electron chi connectivity index (χ0n) is 11.1. The lowest BCUT2D eigenvalue weighted by molar-refractivity contribution is -0.122. The topological polar surface area (TPSA) is 58.4 Å². The highest BCUT2D eigenvalue weighted by Gasteiger charge is 2.10. The summed E-state index contributed by atoms with van der Waals surface area (Å²) in [4.78, 5) is 13.8. The standard InChI is InChI=1S/C12H27N3O/c1-5-15(6-2)9-11(4)14-12(16)8-7-10(3)13/h10-11H,5-9,13H2,1-4H3,(H,14,16). The lowest BCUT2D eigenvalue weighted by atomic mass is 10.2. The van der Waals surface area contributed by atoms with Gasteiger partial charge in [-0.1, -0.05) is 13.8 Å². The molecule has 0 aliphatic rings. The lowest BCUT2D eigenvalue weighted by Crippen LogP contribution is -2.42. The quantitative estimate of drug-likeness (QED) is 0.652. The van der Waals surface area contributed by atoms with Crippen LogP contribution in [0.2, 0.25) is 0 Å². The largest absolute Gasteiger partial charge is 0.352 e. The van der Waals surface area contributed by atoms with Crippen LogP contribution in [0, 0.1) is 0 Å². The molecule has 16 heavy (non-hydrogen) atoms. The number of nitrogens with two attached hydrogens (primary N) is 1. The van der Waals surface area contributed by atoms with E-state index >= 15 is 0 Å². The number of nitrogens with one attached hydrogen (secondary N) is 1. The van der Waals surface area contributed by atoms with Gasteiger partial charge in [0.25, 0.3) is 0 Å². The summed E-state index contributed by atoms with van der Waals surface area (Å²) in [5.74, 6) is 0.108. The number of amides is 1. The van der Waals surface area contributed by atoms with Gasteiger partial charge in [-0.3, -0.25) is 4.79 Å². The smallest absolute Gasteiger partial charge is 0.220 e. The summed E-state index contributed by atoms with van der Waals surface area (Å²) in [6, 6.07) is 0.310. The van der Waals surface area contributed by atoms with Gasteiger partial charge in [0.15, 0.2) is 0 Å². The van der Waals surface area contributed by atoms with E-state index in [4.69, 9.17) is 5.73 Å². The molecular formula is C12H27N3O. The maximum atomic E-state index is 11.5. The maximum absolute atomic E-state index is 11.5. The van der Waals surface area contributed by atoms with Crippen molar-refractivity contribution in [2.75, 3.05) is 19.6 Å². The minimum absolute atomic E-state index is 0.101. The van der Waals surface area contributed by atoms with Gasteiger partial charge < -0.3 is 16.0 Å². The molecule has 0 bridgehead atoms. The fourth-order valence-corrected chi connectivity index (χ4v) is 1.62. The Morgan fingerprint density at radius 1 is 1.31 bits per heavy atom. The van der Waals surface area contributed by atoms with Crippen molar-refractivity contribution in [1.29, 1.82) is 0 Å². The van der Waals surface area contributed by atoms with Gasteiger partial charge in [0, 0.05) is 25.0 Å². The van der Waals surface area contributed by atoms with E-state index in [-0.39, 0.29) is 18.0 Å². The van der Waals surface area contributed by atoms with Crippen LogP contribution in [0.4, 0.5) is 0 Å². The first-order valence-corrected chi connectivity index (χ1v) is 6.26. The molecule has 0 heterocycles. The molecule has 0 aromatic rings. The predicted octanol–water partition coefficient (Wildman–Crippen LogP) is 0.960. The Labute approximate surface area is 99.6 Å². The van der Waals surface area contributed by atoms with Gasteiger partial charge in [-0.2, -0.15) is 0 Å². The Hall–Kier alpha value is -0.610. The highest BCUT2D eigenvalue weighted by atomic mass is 16.1. The van der Waals surface area contributed by atoms with E-state index in [9.17, 15) is 4.79 Å². The van der Waals surface area contributed by atoms with E-state index in [1.54, 1.807) is 0 Å². The molecule has 0 spiro atoms. The average Bonchev–Trinajstić information content (AvgIpc) is 2.23. The van der Waals surface area contributed by atoms with Crippen LogP contribution in [-0.4, -0.2) is 42.5 Å². The van der Waals surface area contributed by atoms with E-state index in [1.165, 1.54) is 0 Å². The molecule has 2 unspecified atom stereocenters. The zero-order chi connectivity index (χ0) is 12.6. The van der Waals surface area contributed by atoms with Crippen LogP contribution in [0.15, 0.2) is 0 Å². The van der Waals surface area contributed by atoms with Gasteiger partial charge >= 0.3 is 0 Å². The van der Waals surface area contributed by atoms with Crippen molar-refractivity contribution in [2.45, 2.75) is 52.6 Å². The Balaban J connectivity index is 3.77. The SMILES string of the molecule is CCN(CC)CC(C)NC(=O)CCC(C)N. The number of rotatable bonds is 8. The molecule has 0 aromatic carbocycles. The first-order chi connectivity index (χ1) is 7.49. The van der Waals surface area contributed by atoms with Crippen molar-refractivity contribution in [3.05, 3.63) is 0 Å². The number of carbonyl (C=O) groups excluding carboxylic acids is 1. The summed E-state index contributed by atoms with van der Waals surface area (Å²) >= 11 is 0. The molecule has 3 N–H and O–H groups in total. The summed E-state index contributed by atoms with van der Waals surface area (Å²) in [6.07, 6.45) is 1.28. The van der Waals surface area contributed by atoms with E-state index in [0.717, 1.165) is 26.1 Å². The van der Waals surface area contributed by atoms with Crippen LogP contribution in [0.3, 0.4) is 0 Å². The summed E-state index contributed by atoms with van der Waals surface area (Å²) in [6.45, 7) is 11.2. The fourth-order valence-electron chi connectivity index (χ4n) is 1.62. The summed E-state index contributed by atoms with van der Waals surface area (Å²) < 4.78 is 0. The second-order valence-electron chi connectivity index (χ2n) is 4.47. The van der Waals surface area contributed by atoms with Crippen LogP contribution >= 0.6 is 0 Å². The van der Waals surface area contributed by atoms with E-state index in [0.29, 0.717) is 6.42 Å². The lowest BCUT2D eigenvalue weighted by Gasteiger charge is -2.23. The van der Waals surface area contributed by atoms with Crippen molar-refractivity contribution < 1.29 is 4.79 Å². The molecule has 0 aliphatic heterocycles. The third kappa shape index (κ3) is 7.65. The Morgan fingerprint density at radius 2 is 1.88 bits per heavy atom. The van der Waals surface area contributed by atoms with Crippen molar-refractivity contribution in [3.8, 4) is 0 Å². The molecule has 0 fully saturated rings. The van der Waals surface area contributed by atoms with Crippen LogP contribution in [0.5, 0.6) is 0 Å². The van der Waals surface area contributed by atoms with Crippen LogP contribution in [-0.2, 0) is 4.79 Å². The molecule has 4 heteroatoms. The van der Waals surface area contributed by atoms with Gasteiger partial charge in [-0.05, 0) is 33.4 Å². The van der Waals surface area contributed by atoms with Gasteiger partial charge in [0.1, 0.15) is 0 Å². The highest BCUT2D eigenvalue weighted by molar-refractivity contribution is 5.76. The third-order valence-electron chi connectivity index (χ3n) is 2.66. The maximum Gasteiger partial charge on any atom is 0.220 e. The van der Waals surface area contributed by atoms with Crippen molar-refractivity contribution in [1.82, 2.24) is 10.2 Å². The Kier molecular flexibility index (Phi) is 8.21. The third-order valence-corrected chi connectivity index (χ3v) is 2.66. The van der Waals surface area contributed by atoms with Crippen LogP contribution in [0.1, 0.15) is 40.5 Å². The Morgan fingerprint density at radius 3 is 2.31 bits per heavy atom. The van der Waals surface area contributed by atoms with Gasteiger partial charge in [0.2, 0.25) is 5.91 Å². The monoisotopic (exact) mass is 229 g/mol. The van der Waals surface area contributed by atoms with Gasteiger partial charge in [-0.15, -0.1) is 0 Å². The van der Waals surface area contributed by atoms with E-state index in [2.05, 4.69) is 24.1 Å². The molecule has 0 aliphatic carbocycles. The van der Waals surface area contributed by atoms with Gasteiger partial charge in [0.05, 0.1) is 0 Å². The zero-order valence-corrected chi connectivity index (χ0v) is 11.1. The average molecular weight is 229 g/mol. The van der Waals surface area contributed by atoms with Crippen LogP contribution in [0.25, 0.3) is 0 Å². The Bertz CT molecular complexity index is 191. The highest BCUT2D eigenvalue weighted by Crippen LogP contribution is 1.96. The number of likely N-dealkylation sites (N-methyl/N-ethyl adjacent to an activating group) is 1. The summed E-state index contributed by atoms with van der Waals surface area (Å²) in [5, 5.41) is 3.00. The number of hydrogen-bond donors (Lipinski definition) is 2. The number of carbonyl (C=O) groups is 1. The normalized spacial score (nSPS) is 14.9. The second kappa shape index (κ2) is 8.53. The molecule has 2 atom stereocenters. The molecule has 0 rings (SSSR count). The molecule has 1 amide bonds. The summed E-state index contributed by atoms with van der Waals surface area (Å²) in [5.41, 5.74) is 5.61. The first kappa shape index (κ1) is 15.4. The van der Waals surface area contributed by atoms with Crippen LogP contribution < -0.4 is 11.1 Å². The van der Waals surface area contributed by atoms with Crippen molar-refractivity contribution in [2.24, 2.45) is 5.73 Å². The molecule has 0 saturated carbocycles. The second-order valence-corrected chi connectivity index (χ2v) is 4.47. The number of hydrogen-bond acceptors (Lipinski definition) is 3. The molecule has 0 saturated heterocycles. The predicted molar refractivity (Wildman–Crippen MR) is 68.3 cm³/mol.